The molecule has 13 heteroatoms. The normalized spacial score (nSPS) is 13.5. The number of ether oxygens (including phenoxy) is 2. The molecule has 9 nitrogen and oxygen atoms in total. The van der Waals surface area contributed by atoms with Crippen molar-refractivity contribution in [3.8, 4) is 11.5 Å². The van der Waals surface area contributed by atoms with Crippen LogP contribution in [0.1, 0.15) is 11.1 Å². The number of rotatable bonds is 7. The lowest BCUT2D eigenvalue weighted by atomic mass is 10.0. The maximum Gasteiger partial charge on any atom is 0.417 e. The third kappa shape index (κ3) is 5.99. The smallest absolute Gasteiger partial charge is 0.417 e. The van der Waals surface area contributed by atoms with Crippen molar-refractivity contribution >= 4 is 27.6 Å². The Morgan fingerprint density at radius 1 is 0.974 bits per heavy atom. The Morgan fingerprint density at radius 2 is 1.63 bits per heavy atom. The first-order chi connectivity index (χ1) is 18.0. The SMILES string of the molecule is CN(C(=O)[C@H](Cc1ccccc1)NC(=O)NS(=O)(=O)c1ccccc1C(F)(F)F)c1ccc2c(c1)OCO2. The highest BCUT2D eigenvalue weighted by atomic mass is 32.2. The summed E-state index contributed by atoms with van der Waals surface area (Å²) in [4.78, 5) is 26.3. The number of fused-ring (bicyclic) bond motifs is 1. The van der Waals surface area contributed by atoms with E-state index in [9.17, 15) is 31.2 Å². The number of carbonyl (C=O) groups is 2. The van der Waals surface area contributed by atoms with Crippen LogP contribution in [-0.2, 0) is 27.4 Å². The highest BCUT2D eigenvalue weighted by Gasteiger charge is 2.37. The molecule has 3 aromatic rings. The molecule has 1 aliphatic heterocycles. The average Bonchev–Trinajstić information content (AvgIpc) is 3.35. The van der Waals surface area contributed by atoms with Gasteiger partial charge in [0.1, 0.15) is 6.04 Å². The molecule has 2 N–H and O–H groups in total. The van der Waals surface area contributed by atoms with E-state index in [4.69, 9.17) is 9.47 Å². The van der Waals surface area contributed by atoms with Gasteiger partial charge in [-0.05, 0) is 29.8 Å². The number of hydrogen-bond acceptors (Lipinski definition) is 6. The van der Waals surface area contributed by atoms with E-state index >= 15 is 0 Å². The molecule has 200 valence electrons. The van der Waals surface area contributed by atoms with Crippen LogP contribution in [0, 0.1) is 0 Å². The number of nitrogens with zero attached hydrogens (tertiary/aromatic N) is 1. The molecule has 3 aromatic carbocycles. The van der Waals surface area contributed by atoms with Crippen molar-refractivity contribution in [2.75, 3.05) is 18.7 Å². The first-order valence-corrected chi connectivity index (χ1v) is 12.6. The van der Waals surface area contributed by atoms with Gasteiger partial charge >= 0.3 is 12.2 Å². The molecule has 1 heterocycles. The summed E-state index contributed by atoms with van der Waals surface area (Å²) in [5, 5.41) is 2.29. The number of sulfonamides is 1. The van der Waals surface area contributed by atoms with Crippen LogP contribution in [-0.4, -0.2) is 40.2 Å². The molecule has 0 saturated carbocycles. The Balaban J connectivity index is 1.57. The summed E-state index contributed by atoms with van der Waals surface area (Å²) in [6, 6.07) is 14.2. The molecular weight excluding hydrogens is 527 g/mol. The number of anilines is 1. The standard InChI is InChI=1S/C25H22F3N3O6S/c1-31(17-11-12-20-21(14-17)37-15-36-20)23(32)19(13-16-7-3-2-4-8-16)29-24(33)30-38(34,35)22-10-6-5-9-18(22)25(26,27)28/h2-12,14,19H,13,15H2,1H3,(H2,29,30,33)/t19-/m0/s1. The average molecular weight is 550 g/mol. The van der Waals surface area contributed by atoms with E-state index in [1.807, 2.05) is 0 Å². The molecular formula is C25H22F3N3O6S. The fourth-order valence-corrected chi connectivity index (χ4v) is 4.95. The van der Waals surface area contributed by atoms with Crippen LogP contribution >= 0.6 is 0 Å². The summed E-state index contributed by atoms with van der Waals surface area (Å²) in [5.41, 5.74) is -0.374. The molecule has 0 aromatic heterocycles. The van der Waals surface area contributed by atoms with Crippen molar-refractivity contribution in [3.63, 3.8) is 0 Å². The van der Waals surface area contributed by atoms with Crippen LogP contribution in [0.15, 0.2) is 77.7 Å². The predicted molar refractivity (Wildman–Crippen MR) is 130 cm³/mol. The third-order valence-corrected chi connectivity index (χ3v) is 7.06. The van der Waals surface area contributed by atoms with Crippen LogP contribution in [0.5, 0.6) is 11.5 Å². The molecule has 0 saturated heterocycles. The second-order valence-corrected chi connectivity index (χ2v) is 9.90. The minimum atomic E-state index is -4.97. The largest absolute Gasteiger partial charge is 0.454 e. The molecule has 0 bridgehead atoms. The van der Waals surface area contributed by atoms with Gasteiger partial charge in [0.15, 0.2) is 11.5 Å². The van der Waals surface area contributed by atoms with E-state index in [1.165, 1.54) is 11.9 Å². The van der Waals surface area contributed by atoms with Gasteiger partial charge in [-0.3, -0.25) is 4.79 Å². The topological polar surface area (TPSA) is 114 Å². The van der Waals surface area contributed by atoms with Gasteiger partial charge in [-0.2, -0.15) is 13.2 Å². The van der Waals surface area contributed by atoms with Crippen molar-refractivity contribution in [1.82, 2.24) is 10.0 Å². The molecule has 3 amide bonds. The number of urea groups is 1. The van der Waals surface area contributed by atoms with E-state index in [2.05, 4.69) is 5.32 Å². The monoisotopic (exact) mass is 549 g/mol. The Labute approximate surface area is 216 Å². The lowest BCUT2D eigenvalue weighted by molar-refractivity contribution is -0.139. The number of nitrogens with one attached hydrogen (secondary N) is 2. The van der Waals surface area contributed by atoms with Gasteiger partial charge in [0, 0.05) is 25.2 Å². The summed E-state index contributed by atoms with van der Waals surface area (Å²) in [6.45, 7) is 0.0285. The predicted octanol–water partition coefficient (Wildman–Crippen LogP) is 3.70. The van der Waals surface area contributed by atoms with Crippen LogP contribution < -0.4 is 24.4 Å². The summed E-state index contributed by atoms with van der Waals surface area (Å²) in [5.74, 6) is 0.301. The first kappa shape index (κ1) is 26.8. The van der Waals surface area contributed by atoms with Crippen LogP contribution in [0.25, 0.3) is 0 Å². The van der Waals surface area contributed by atoms with Crippen LogP contribution in [0.2, 0.25) is 0 Å². The summed E-state index contributed by atoms with van der Waals surface area (Å²) < 4.78 is 77.6. The van der Waals surface area contributed by atoms with Gasteiger partial charge in [0.25, 0.3) is 10.0 Å². The van der Waals surface area contributed by atoms with Crippen molar-refractivity contribution in [1.29, 1.82) is 0 Å². The Bertz CT molecular complexity index is 1450. The Morgan fingerprint density at radius 3 is 2.34 bits per heavy atom. The van der Waals surface area contributed by atoms with Gasteiger partial charge < -0.3 is 19.7 Å². The zero-order chi connectivity index (χ0) is 27.5. The lowest BCUT2D eigenvalue weighted by Crippen LogP contribution is -2.52. The van der Waals surface area contributed by atoms with Crippen LogP contribution in [0.3, 0.4) is 0 Å². The zero-order valence-corrected chi connectivity index (χ0v) is 20.7. The van der Waals surface area contributed by atoms with Gasteiger partial charge in [-0.25, -0.2) is 17.9 Å². The molecule has 0 spiro atoms. The van der Waals surface area contributed by atoms with Gasteiger partial charge in [-0.1, -0.05) is 42.5 Å². The van der Waals surface area contributed by atoms with Gasteiger partial charge in [0.05, 0.1) is 10.5 Å². The number of alkyl halides is 3. The lowest BCUT2D eigenvalue weighted by Gasteiger charge is -2.25. The molecule has 0 radical (unpaired) electrons. The van der Waals surface area contributed by atoms with E-state index in [1.54, 1.807) is 53.3 Å². The molecule has 0 fully saturated rings. The molecule has 0 aliphatic carbocycles. The van der Waals surface area contributed by atoms with Crippen LogP contribution in [0.4, 0.5) is 23.7 Å². The number of amides is 3. The number of likely N-dealkylation sites (N-methyl/N-ethyl adjacent to an activating group) is 1. The Hall–Kier alpha value is -4.26. The maximum atomic E-state index is 13.4. The van der Waals surface area contributed by atoms with E-state index in [-0.39, 0.29) is 13.2 Å². The molecule has 4 rings (SSSR count). The third-order valence-electron chi connectivity index (χ3n) is 5.67. The van der Waals surface area contributed by atoms with Gasteiger partial charge in [0.2, 0.25) is 12.7 Å². The minimum Gasteiger partial charge on any atom is -0.454 e. The molecule has 1 aliphatic rings. The number of hydrogen-bond donors (Lipinski definition) is 2. The number of halogens is 3. The number of benzene rings is 3. The molecule has 1 atom stereocenters. The van der Waals surface area contributed by atoms with Crippen molar-refractivity contribution in [2.45, 2.75) is 23.5 Å². The quantitative estimate of drug-likeness (QED) is 0.465. The number of carbonyl (C=O) groups excluding carboxylic acids is 2. The highest BCUT2D eigenvalue weighted by molar-refractivity contribution is 7.90. The van der Waals surface area contributed by atoms with E-state index in [0.29, 0.717) is 28.8 Å². The second kappa shape index (κ2) is 10.6. The molecule has 38 heavy (non-hydrogen) atoms. The minimum absolute atomic E-state index is 0.0266. The van der Waals surface area contributed by atoms with Crippen molar-refractivity contribution < 1.29 is 40.7 Å². The summed E-state index contributed by atoms with van der Waals surface area (Å²) in [6.07, 6.45) is -5.00. The second-order valence-electron chi connectivity index (χ2n) is 8.25. The first-order valence-electron chi connectivity index (χ1n) is 11.2. The zero-order valence-electron chi connectivity index (χ0n) is 19.9. The van der Waals surface area contributed by atoms with E-state index in [0.717, 1.165) is 18.2 Å². The van der Waals surface area contributed by atoms with Crippen molar-refractivity contribution in [2.24, 2.45) is 0 Å². The molecule has 0 unspecified atom stereocenters. The Kier molecular flexibility index (Phi) is 7.49. The fraction of sp³-hybridized carbons (Fsp3) is 0.200. The fourth-order valence-electron chi connectivity index (χ4n) is 3.80. The van der Waals surface area contributed by atoms with E-state index < -0.39 is 44.6 Å². The summed E-state index contributed by atoms with van der Waals surface area (Å²) >= 11 is 0. The summed E-state index contributed by atoms with van der Waals surface area (Å²) in [7, 11) is -3.48. The van der Waals surface area contributed by atoms with Crippen molar-refractivity contribution in [3.05, 3.63) is 83.9 Å². The van der Waals surface area contributed by atoms with Gasteiger partial charge in [-0.15, -0.1) is 0 Å². The maximum absolute atomic E-state index is 13.4. The highest BCUT2D eigenvalue weighted by Crippen LogP contribution is 2.36.